The van der Waals surface area contributed by atoms with Gasteiger partial charge in [0.15, 0.2) is 5.96 Å². The molecule has 0 aromatic carbocycles. The van der Waals surface area contributed by atoms with Crippen molar-refractivity contribution in [1.82, 2.24) is 20.2 Å². The molecular weight excluding hydrogens is 425 g/mol. The maximum Gasteiger partial charge on any atom is 0.191 e. The second-order valence-electron chi connectivity index (χ2n) is 8.12. The maximum atomic E-state index is 4.47. The van der Waals surface area contributed by atoms with Crippen LogP contribution in [0.3, 0.4) is 0 Å². The lowest BCUT2D eigenvalue weighted by atomic mass is 9.64. The number of hydrogen-bond acceptors (Lipinski definition) is 2. The summed E-state index contributed by atoms with van der Waals surface area (Å²) in [6, 6.07) is 0. The van der Waals surface area contributed by atoms with E-state index in [4.69, 9.17) is 0 Å². The van der Waals surface area contributed by atoms with Crippen molar-refractivity contribution in [2.75, 3.05) is 13.6 Å². The molecular formula is C19H36IN5. The van der Waals surface area contributed by atoms with E-state index in [1.54, 1.807) is 0 Å². The number of halogens is 1. The largest absolute Gasteiger partial charge is 0.356 e. The zero-order valence-electron chi connectivity index (χ0n) is 16.5. The van der Waals surface area contributed by atoms with Crippen LogP contribution in [-0.2, 0) is 13.1 Å². The molecule has 0 radical (unpaired) electrons. The van der Waals surface area contributed by atoms with Gasteiger partial charge in [-0.1, -0.05) is 34.1 Å². The van der Waals surface area contributed by atoms with E-state index in [1.165, 1.54) is 25.7 Å². The van der Waals surface area contributed by atoms with Gasteiger partial charge in [0.05, 0.1) is 6.54 Å². The van der Waals surface area contributed by atoms with Gasteiger partial charge >= 0.3 is 0 Å². The molecule has 0 atom stereocenters. The third-order valence-corrected chi connectivity index (χ3v) is 4.89. The molecule has 0 amide bonds. The monoisotopic (exact) mass is 461 g/mol. The Morgan fingerprint density at radius 3 is 2.48 bits per heavy atom. The predicted molar refractivity (Wildman–Crippen MR) is 116 cm³/mol. The quantitative estimate of drug-likeness (QED) is 0.349. The number of aromatic nitrogens is 2. The smallest absolute Gasteiger partial charge is 0.191 e. The molecule has 6 heteroatoms. The van der Waals surface area contributed by atoms with Crippen LogP contribution in [0.5, 0.6) is 0 Å². The Balaban J connectivity index is 0.00000312. The van der Waals surface area contributed by atoms with Gasteiger partial charge in [0.25, 0.3) is 0 Å². The first kappa shape index (κ1) is 22.3. The molecule has 1 aliphatic rings. The summed E-state index contributed by atoms with van der Waals surface area (Å²) in [5.41, 5.74) is 0.474. The lowest BCUT2D eigenvalue weighted by Gasteiger charge is -2.43. The highest BCUT2D eigenvalue weighted by molar-refractivity contribution is 14.0. The van der Waals surface area contributed by atoms with Crippen LogP contribution in [0.4, 0.5) is 0 Å². The van der Waals surface area contributed by atoms with E-state index >= 15 is 0 Å². The standard InChI is InChI=1S/C19H35N5.HI/c1-15(2)11-19(7-6-8-19)14-23-18(20-5)22-12-17-21-9-10-24(17)13-16(3)4;/h9-10,15-16H,6-8,11-14H2,1-5H3,(H2,20,22,23);1H. The average molecular weight is 461 g/mol. The predicted octanol–water partition coefficient (Wildman–Crippen LogP) is 4.04. The van der Waals surface area contributed by atoms with E-state index in [-0.39, 0.29) is 24.0 Å². The summed E-state index contributed by atoms with van der Waals surface area (Å²) in [6.45, 7) is 11.8. The van der Waals surface area contributed by atoms with Crippen molar-refractivity contribution < 1.29 is 0 Å². The van der Waals surface area contributed by atoms with Crippen molar-refractivity contribution in [3.05, 3.63) is 18.2 Å². The van der Waals surface area contributed by atoms with Crippen molar-refractivity contribution in [2.24, 2.45) is 22.2 Å². The van der Waals surface area contributed by atoms with Gasteiger partial charge < -0.3 is 15.2 Å². The minimum atomic E-state index is 0. The lowest BCUT2D eigenvalue weighted by Crippen LogP contribution is -2.47. The van der Waals surface area contributed by atoms with Crippen LogP contribution in [0.1, 0.15) is 59.2 Å². The van der Waals surface area contributed by atoms with Gasteiger partial charge in [0.2, 0.25) is 0 Å². The summed E-state index contributed by atoms with van der Waals surface area (Å²) < 4.78 is 2.22. The second kappa shape index (κ2) is 10.4. The molecule has 2 N–H and O–H groups in total. The van der Waals surface area contributed by atoms with E-state index < -0.39 is 0 Å². The SMILES string of the molecule is CN=C(NCc1nccn1CC(C)C)NCC1(CC(C)C)CCC1.I. The molecule has 1 aliphatic carbocycles. The van der Waals surface area contributed by atoms with E-state index in [0.29, 0.717) is 17.9 Å². The first-order chi connectivity index (χ1) is 11.4. The van der Waals surface area contributed by atoms with Crippen LogP contribution in [-0.4, -0.2) is 29.1 Å². The fourth-order valence-corrected chi connectivity index (χ4v) is 3.72. The van der Waals surface area contributed by atoms with Crippen LogP contribution in [0, 0.1) is 17.3 Å². The van der Waals surface area contributed by atoms with Crippen molar-refractivity contribution >= 4 is 29.9 Å². The number of imidazole rings is 1. The summed E-state index contributed by atoms with van der Waals surface area (Å²) in [5, 5.41) is 6.96. The Labute approximate surface area is 170 Å². The highest BCUT2D eigenvalue weighted by Crippen LogP contribution is 2.45. The van der Waals surface area contributed by atoms with Crippen LogP contribution in [0.25, 0.3) is 0 Å². The molecule has 1 heterocycles. The van der Waals surface area contributed by atoms with Crippen LogP contribution >= 0.6 is 24.0 Å². The van der Waals surface area contributed by atoms with E-state index in [1.807, 2.05) is 13.2 Å². The molecule has 25 heavy (non-hydrogen) atoms. The molecule has 1 aromatic heterocycles. The normalized spacial score (nSPS) is 16.5. The molecule has 0 spiro atoms. The zero-order chi connectivity index (χ0) is 17.6. The molecule has 2 rings (SSSR count). The first-order valence-electron chi connectivity index (χ1n) is 9.38. The number of rotatable bonds is 8. The molecule has 0 unspecified atom stereocenters. The van der Waals surface area contributed by atoms with E-state index in [9.17, 15) is 0 Å². The van der Waals surface area contributed by atoms with Crippen molar-refractivity contribution in [2.45, 2.75) is 66.5 Å². The number of guanidine groups is 1. The first-order valence-corrected chi connectivity index (χ1v) is 9.38. The molecule has 0 aliphatic heterocycles. The third-order valence-electron chi connectivity index (χ3n) is 4.89. The fourth-order valence-electron chi connectivity index (χ4n) is 3.72. The minimum absolute atomic E-state index is 0. The Kier molecular flexibility index (Phi) is 9.24. The van der Waals surface area contributed by atoms with Crippen molar-refractivity contribution in [3.8, 4) is 0 Å². The number of aliphatic imine (C=N–C) groups is 1. The Bertz CT molecular complexity index is 532. The van der Waals surface area contributed by atoms with Gasteiger partial charge in [-0.25, -0.2) is 4.98 Å². The molecule has 5 nitrogen and oxygen atoms in total. The number of hydrogen-bond donors (Lipinski definition) is 2. The number of nitrogens with zero attached hydrogens (tertiary/aromatic N) is 3. The molecule has 0 saturated heterocycles. The number of nitrogens with one attached hydrogen (secondary N) is 2. The Morgan fingerprint density at radius 1 is 1.24 bits per heavy atom. The topological polar surface area (TPSA) is 54.2 Å². The summed E-state index contributed by atoms with van der Waals surface area (Å²) in [6.07, 6.45) is 9.28. The molecule has 144 valence electrons. The molecule has 1 fully saturated rings. The fraction of sp³-hybridized carbons (Fsp3) is 0.789. The summed E-state index contributed by atoms with van der Waals surface area (Å²) in [4.78, 5) is 8.84. The minimum Gasteiger partial charge on any atom is -0.356 e. The maximum absolute atomic E-state index is 4.47. The van der Waals surface area contributed by atoms with Gasteiger partial charge in [-0.05, 0) is 36.5 Å². The lowest BCUT2D eigenvalue weighted by molar-refractivity contribution is 0.104. The highest BCUT2D eigenvalue weighted by atomic mass is 127. The van der Waals surface area contributed by atoms with Gasteiger partial charge in [0, 0.05) is 32.5 Å². The van der Waals surface area contributed by atoms with Crippen molar-refractivity contribution in [3.63, 3.8) is 0 Å². The summed E-state index contributed by atoms with van der Waals surface area (Å²) >= 11 is 0. The zero-order valence-corrected chi connectivity index (χ0v) is 18.8. The van der Waals surface area contributed by atoms with Gasteiger partial charge in [-0.15, -0.1) is 24.0 Å². The average Bonchev–Trinajstić information content (AvgIpc) is 2.90. The van der Waals surface area contributed by atoms with Crippen LogP contribution in [0.15, 0.2) is 17.4 Å². The Morgan fingerprint density at radius 2 is 1.96 bits per heavy atom. The van der Waals surface area contributed by atoms with Gasteiger partial charge in [0.1, 0.15) is 5.82 Å². The molecule has 1 saturated carbocycles. The Hall–Kier alpha value is -0.790. The summed E-state index contributed by atoms with van der Waals surface area (Å²) in [5.74, 6) is 3.31. The van der Waals surface area contributed by atoms with Gasteiger partial charge in [-0.2, -0.15) is 0 Å². The van der Waals surface area contributed by atoms with Crippen molar-refractivity contribution in [1.29, 1.82) is 0 Å². The molecule has 0 bridgehead atoms. The third kappa shape index (κ3) is 6.79. The highest BCUT2D eigenvalue weighted by Gasteiger charge is 2.37. The van der Waals surface area contributed by atoms with E-state index in [2.05, 4.69) is 59.1 Å². The van der Waals surface area contributed by atoms with E-state index in [0.717, 1.165) is 30.8 Å². The van der Waals surface area contributed by atoms with Crippen LogP contribution < -0.4 is 10.6 Å². The van der Waals surface area contributed by atoms with Crippen LogP contribution in [0.2, 0.25) is 0 Å². The van der Waals surface area contributed by atoms with Gasteiger partial charge in [-0.3, -0.25) is 4.99 Å². The summed E-state index contributed by atoms with van der Waals surface area (Å²) in [7, 11) is 1.84. The second-order valence-corrected chi connectivity index (χ2v) is 8.12. The molecule has 1 aromatic rings.